The molecule has 0 aliphatic carbocycles. The molecule has 3 aromatic rings. The lowest BCUT2D eigenvalue weighted by atomic mass is 10.1. The van der Waals surface area contributed by atoms with E-state index in [-0.39, 0.29) is 0 Å². The van der Waals surface area contributed by atoms with Crippen molar-refractivity contribution >= 4 is 33.7 Å². The summed E-state index contributed by atoms with van der Waals surface area (Å²) in [4.78, 5) is 4.46. The van der Waals surface area contributed by atoms with Crippen LogP contribution in [0.5, 0.6) is 5.75 Å². The van der Waals surface area contributed by atoms with Crippen LogP contribution < -0.4 is 4.74 Å². The summed E-state index contributed by atoms with van der Waals surface area (Å²) in [7, 11) is 1.60. The summed E-state index contributed by atoms with van der Waals surface area (Å²) in [5, 5.41) is 0.785. The Morgan fingerprint density at radius 3 is 2.43 bits per heavy atom. The Morgan fingerprint density at radius 2 is 1.78 bits per heavy atom. The van der Waals surface area contributed by atoms with Crippen LogP contribution in [0.4, 0.5) is 13.2 Å². The van der Waals surface area contributed by atoms with Gasteiger partial charge in [-0.1, -0.05) is 18.2 Å². The third-order valence-electron chi connectivity index (χ3n) is 3.27. The number of hydrogen-bond donors (Lipinski definition) is 0. The summed E-state index contributed by atoms with van der Waals surface area (Å²) in [5.41, 5.74) is 0.902. The predicted molar refractivity (Wildman–Crippen MR) is 86.5 cm³/mol. The molecule has 2 aromatic carbocycles. The van der Waals surface area contributed by atoms with Gasteiger partial charge < -0.3 is 4.74 Å². The zero-order chi connectivity index (χ0) is 16.4. The number of alkyl halides is 3. The van der Waals surface area contributed by atoms with Gasteiger partial charge in [-0.15, -0.1) is 11.3 Å². The largest absolute Gasteiger partial charge is 0.497 e. The number of ether oxygens (including phenoxy) is 1. The summed E-state index contributed by atoms with van der Waals surface area (Å²) in [5.74, 6) is 0.763. The van der Waals surface area contributed by atoms with E-state index in [1.807, 2.05) is 18.2 Å². The molecule has 0 spiro atoms. The second-order valence-electron chi connectivity index (χ2n) is 4.84. The zero-order valence-electron chi connectivity index (χ0n) is 12.1. The fourth-order valence-corrected chi connectivity index (χ4v) is 2.97. The zero-order valence-corrected chi connectivity index (χ0v) is 12.9. The van der Waals surface area contributed by atoms with E-state index in [0.29, 0.717) is 5.56 Å². The molecule has 0 bridgehead atoms. The van der Waals surface area contributed by atoms with Crippen molar-refractivity contribution in [3.63, 3.8) is 0 Å². The smallest absolute Gasteiger partial charge is 0.416 e. The van der Waals surface area contributed by atoms with Gasteiger partial charge in [-0.25, -0.2) is 4.98 Å². The molecule has 118 valence electrons. The number of benzene rings is 2. The fraction of sp³-hybridized carbons (Fsp3) is 0.118. The maximum Gasteiger partial charge on any atom is 0.416 e. The first kappa shape index (κ1) is 15.6. The van der Waals surface area contributed by atoms with Gasteiger partial charge in [-0.3, -0.25) is 0 Å². The van der Waals surface area contributed by atoms with E-state index in [2.05, 4.69) is 4.98 Å². The number of hydrogen-bond acceptors (Lipinski definition) is 3. The van der Waals surface area contributed by atoms with Gasteiger partial charge in [0.25, 0.3) is 0 Å². The van der Waals surface area contributed by atoms with Crippen LogP contribution in [0.2, 0.25) is 0 Å². The Kier molecular flexibility index (Phi) is 4.09. The molecule has 0 amide bonds. The van der Waals surface area contributed by atoms with Gasteiger partial charge in [0.05, 0.1) is 22.9 Å². The molecule has 0 fully saturated rings. The highest BCUT2D eigenvalue weighted by Crippen LogP contribution is 2.30. The van der Waals surface area contributed by atoms with E-state index in [1.54, 1.807) is 19.3 Å². The Balaban J connectivity index is 1.82. The standard InChI is InChI=1S/C17H12F3NOS/c1-22-13-7-8-14-15(10-13)23-16(21-14)9-4-11-2-5-12(6-3-11)17(18,19)20/h2-10H,1H3/b9-4+. The molecule has 0 saturated carbocycles. The van der Waals surface area contributed by atoms with Gasteiger partial charge in [0.15, 0.2) is 0 Å². The highest BCUT2D eigenvalue weighted by atomic mass is 32.1. The maximum absolute atomic E-state index is 12.5. The number of halogens is 3. The van der Waals surface area contributed by atoms with Gasteiger partial charge in [-0.2, -0.15) is 13.2 Å². The van der Waals surface area contributed by atoms with Crippen molar-refractivity contribution in [3.05, 3.63) is 58.6 Å². The minimum atomic E-state index is -4.31. The average Bonchev–Trinajstić information content (AvgIpc) is 2.94. The van der Waals surface area contributed by atoms with Crippen molar-refractivity contribution < 1.29 is 17.9 Å². The summed E-state index contributed by atoms with van der Waals surface area (Å²) in [6.45, 7) is 0. The molecule has 0 atom stereocenters. The van der Waals surface area contributed by atoms with Crippen LogP contribution in [0, 0.1) is 0 Å². The van der Waals surface area contributed by atoms with Crippen molar-refractivity contribution in [1.29, 1.82) is 0 Å². The van der Waals surface area contributed by atoms with Gasteiger partial charge in [-0.05, 0) is 42.0 Å². The Morgan fingerprint density at radius 1 is 1.04 bits per heavy atom. The third kappa shape index (κ3) is 3.53. The SMILES string of the molecule is COc1ccc2nc(/C=C/c3ccc(C(F)(F)F)cc3)sc2c1. The molecule has 6 heteroatoms. The van der Waals surface area contributed by atoms with Crippen LogP contribution in [-0.2, 0) is 6.18 Å². The molecule has 0 aliphatic rings. The van der Waals surface area contributed by atoms with E-state index in [9.17, 15) is 13.2 Å². The van der Waals surface area contributed by atoms with Crippen LogP contribution in [0.1, 0.15) is 16.1 Å². The van der Waals surface area contributed by atoms with Gasteiger partial charge >= 0.3 is 6.18 Å². The van der Waals surface area contributed by atoms with Crippen LogP contribution in [0.25, 0.3) is 22.4 Å². The number of rotatable bonds is 3. The second-order valence-corrected chi connectivity index (χ2v) is 5.90. The fourth-order valence-electron chi connectivity index (χ4n) is 2.07. The molecule has 0 saturated heterocycles. The summed E-state index contributed by atoms with van der Waals surface area (Å²) in [6, 6.07) is 10.6. The minimum Gasteiger partial charge on any atom is -0.497 e. The Bertz CT molecular complexity index is 850. The molecular weight excluding hydrogens is 323 g/mol. The molecule has 0 unspecified atom stereocenters. The Hall–Kier alpha value is -2.34. The van der Waals surface area contributed by atoms with Crippen molar-refractivity contribution in [1.82, 2.24) is 4.98 Å². The molecule has 1 heterocycles. The van der Waals surface area contributed by atoms with Gasteiger partial charge in [0.1, 0.15) is 10.8 Å². The second kappa shape index (κ2) is 6.04. The lowest BCUT2D eigenvalue weighted by Crippen LogP contribution is -2.03. The van der Waals surface area contributed by atoms with Crippen molar-refractivity contribution in [2.45, 2.75) is 6.18 Å². The molecule has 0 aliphatic heterocycles. The van der Waals surface area contributed by atoms with Crippen molar-refractivity contribution in [2.24, 2.45) is 0 Å². The number of thiazole rings is 1. The van der Waals surface area contributed by atoms with Crippen molar-refractivity contribution in [3.8, 4) is 5.75 Å². The summed E-state index contributed by atoms with van der Waals surface area (Å²) < 4.78 is 43.7. The van der Waals surface area contributed by atoms with Crippen LogP contribution in [0.15, 0.2) is 42.5 Å². The predicted octanol–water partition coefficient (Wildman–Crippen LogP) is 5.49. The minimum absolute atomic E-state index is 0.651. The van der Waals surface area contributed by atoms with E-state index < -0.39 is 11.7 Å². The third-order valence-corrected chi connectivity index (χ3v) is 4.25. The van der Waals surface area contributed by atoms with Gasteiger partial charge in [0.2, 0.25) is 0 Å². The van der Waals surface area contributed by atoms with Gasteiger partial charge in [0, 0.05) is 0 Å². The molecule has 1 aromatic heterocycles. The maximum atomic E-state index is 12.5. The quantitative estimate of drug-likeness (QED) is 0.631. The van der Waals surface area contributed by atoms with E-state index in [0.717, 1.165) is 33.1 Å². The normalized spacial score (nSPS) is 12.2. The van der Waals surface area contributed by atoms with Crippen LogP contribution in [-0.4, -0.2) is 12.1 Å². The van der Waals surface area contributed by atoms with Crippen LogP contribution in [0.3, 0.4) is 0 Å². The lowest BCUT2D eigenvalue weighted by Gasteiger charge is -2.05. The summed E-state index contributed by atoms with van der Waals surface area (Å²) in [6.07, 6.45) is -0.775. The highest BCUT2D eigenvalue weighted by molar-refractivity contribution is 7.19. The Labute approximate surface area is 134 Å². The molecule has 3 rings (SSSR count). The first-order valence-corrected chi connectivity index (χ1v) is 7.57. The molecule has 0 N–H and O–H groups in total. The van der Waals surface area contributed by atoms with E-state index in [4.69, 9.17) is 4.74 Å². The van der Waals surface area contributed by atoms with E-state index >= 15 is 0 Å². The first-order chi connectivity index (χ1) is 11.0. The number of methoxy groups -OCH3 is 1. The molecular formula is C17H12F3NOS. The van der Waals surface area contributed by atoms with Crippen LogP contribution >= 0.6 is 11.3 Å². The monoisotopic (exact) mass is 335 g/mol. The highest BCUT2D eigenvalue weighted by Gasteiger charge is 2.29. The lowest BCUT2D eigenvalue weighted by molar-refractivity contribution is -0.137. The number of fused-ring (bicyclic) bond motifs is 1. The first-order valence-electron chi connectivity index (χ1n) is 6.75. The summed E-state index contributed by atoms with van der Waals surface area (Å²) >= 11 is 1.50. The molecule has 23 heavy (non-hydrogen) atoms. The number of aromatic nitrogens is 1. The average molecular weight is 335 g/mol. The molecule has 0 radical (unpaired) electrons. The molecule has 2 nitrogen and oxygen atoms in total. The van der Waals surface area contributed by atoms with Crippen molar-refractivity contribution in [2.75, 3.05) is 7.11 Å². The van der Waals surface area contributed by atoms with E-state index in [1.165, 1.54) is 23.5 Å². The topological polar surface area (TPSA) is 22.1 Å². The number of nitrogens with zero attached hydrogens (tertiary/aromatic N) is 1.